The Kier molecular flexibility index (Phi) is 1.76. The molecule has 1 aromatic rings. The molecule has 50 valence electrons. The van der Waals surface area contributed by atoms with E-state index in [-0.39, 0.29) is 0 Å². The first-order valence-electron chi connectivity index (χ1n) is 2.95. The third-order valence-corrected chi connectivity index (χ3v) is 1.77. The predicted octanol–water partition coefficient (Wildman–Crippen LogP) is 1.93. The highest BCUT2D eigenvalue weighted by Crippen LogP contribution is 2.14. The second kappa shape index (κ2) is 2.40. The number of rotatable bonds is 1. The van der Waals surface area contributed by atoms with Gasteiger partial charge in [-0.1, -0.05) is 18.5 Å². The molecule has 0 spiro atoms. The number of halogens is 1. The van der Waals surface area contributed by atoms with E-state index in [9.17, 15) is 0 Å². The molecular weight excluding hydrogens is 136 g/mol. The van der Waals surface area contributed by atoms with Gasteiger partial charge < -0.3 is 0 Å². The molecule has 9 heavy (non-hydrogen) atoms. The van der Waals surface area contributed by atoms with Gasteiger partial charge in [-0.25, -0.2) is 0 Å². The van der Waals surface area contributed by atoms with Gasteiger partial charge >= 0.3 is 0 Å². The number of hydrogen-bond donors (Lipinski definition) is 1. The van der Waals surface area contributed by atoms with Crippen molar-refractivity contribution in [3.05, 3.63) is 16.4 Å². The van der Waals surface area contributed by atoms with E-state index in [0.717, 1.165) is 17.7 Å². The summed E-state index contributed by atoms with van der Waals surface area (Å²) in [5, 5.41) is 7.26. The molecule has 1 heterocycles. The number of aryl methyl sites for hydroxylation is 1. The molecule has 0 bridgehead atoms. The molecule has 1 rings (SSSR count). The number of aromatic amines is 1. The van der Waals surface area contributed by atoms with Crippen LogP contribution in [0.1, 0.15) is 18.2 Å². The van der Waals surface area contributed by atoms with Crippen LogP contribution in [-0.4, -0.2) is 10.2 Å². The Morgan fingerprint density at radius 3 is 2.56 bits per heavy atom. The summed E-state index contributed by atoms with van der Waals surface area (Å²) in [5.41, 5.74) is 2.19. The van der Waals surface area contributed by atoms with E-state index < -0.39 is 0 Å². The fraction of sp³-hybridized carbons (Fsp3) is 0.500. The van der Waals surface area contributed by atoms with E-state index in [1.807, 2.05) is 6.92 Å². The van der Waals surface area contributed by atoms with Gasteiger partial charge in [-0.2, -0.15) is 5.10 Å². The number of nitrogens with one attached hydrogen (secondary N) is 1. The predicted molar refractivity (Wildman–Crippen MR) is 37.7 cm³/mol. The summed E-state index contributed by atoms with van der Waals surface area (Å²) in [6, 6.07) is 0. The lowest BCUT2D eigenvalue weighted by molar-refractivity contribution is 0.969. The highest BCUT2D eigenvalue weighted by atomic mass is 35.5. The Morgan fingerprint density at radius 2 is 2.33 bits per heavy atom. The number of H-pyrrole nitrogens is 1. The van der Waals surface area contributed by atoms with Crippen molar-refractivity contribution in [3.8, 4) is 0 Å². The summed E-state index contributed by atoms with van der Waals surface area (Å²) in [6.07, 6.45) is 0.964. The minimum atomic E-state index is 0.590. The quantitative estimate of drug-likeness (QED) is 0.641. The van der Waals surface area contributed by atoms with Crippen LogP contribution in [0.3, 0.4) is 0 Å². The van der Waals surface area contributed by atoms with E-state index in [1.165, 1.54) is 0 Å². The average molecular weight is 145 g/mol. The number of nitrogens with zero attached hydrogens (tertiary/aromatic N) is 1. The average Bonchev–Trinajstić information content (AvgIpc) is 2.15. The summed E-state index contributed by atoms with van der Waals surface area (Å²) in [5.74, 6) is 0. The topological polar surface area (TPSA) is 28.7 Å². The SMILES string of the molecule is CCc1[nH]nc(Cl)c1C. The van der Waals surface area contributed by atoms with Crippen LogP contribution >= 0.6 is 11.6 Å². The molecule has 0 aliphatic heterocycles. The van der Waals surface area contributed by atoms with Gasteiger partial charge in [-0.3, -0.25) is 5.10 Å². The minimum absolute atomic E-state index is 0.590. The molecule has 1 N–H and O–H groups in total. The molecule has 1 aromatic heterocycles. The van der Waals surface area contributed by atoms with Crippen molar-refractivity contribution < 1.29 is 0 Å². The lowest BCUT2D eigenvalue weighted by Crippen LogP contribution is -1.81. The van der Waals surface area contributed by atoms with E-state index in [1.54, 1.807) is 0 Å². The molecule has 2 nitrogen and oxygen atoms in total. The van der Waals surface area contributed by atoms with Gasteiger partial charge in [0.1, 0.15) is 0 Å². The summed E-state index contributed by atoms with van der Waals surface area (Å²) in [6.45, 7) is 4.03. The van der Waals surface area contributed by atoms with Crippen molar-refractivity contribution in [3.63, 3.8) is 0 Å². The molecule has 0 atom stereocenters. The molecule has 3 heteroatoms. The molecule has 0 aliphatic rings. The Hall–Kier alpha value is -0.500. The first-order chi connectivity index (χ1) is 4.25. The summed E-state index contributed by atoms with van der Waals surface area (Å²) < 4.78 is 0. The van der Waals surface area contributed by atoms with E-state index in [0.29, 0.717) is 5.15 Å². The summed E-state index contributed by atoms with van der Waals surface area (Å²) in [7, 11) is 0. The zero-order valence-corrected chi connectivity index (χ0v) is 6.29. The van der Waals surface area contributed by atoms with E-state index >= 15 is 0 Å². The highest BCUT2D eigenvalue weighted by molar-refractivity contribution is 6.30. The van der Waals surface area contributed by atoms with Gasteiger partial charge in [-0.15, -0.1) is 0 Å². The fourth-order valence-corrected chi connectivity index (χ4v) is 0.909. The summed E-state index contributed by atoms with van der Waals surface area (Å²) in [4.78, 5) is 0. The molecule has 0 unspecified atom stereocenters. The van der Waals surface area contributed by atoms with Gasteiger partial charge in [0.05, 0.1) is 0 Å². The molecule has 0 aromatic carbocycles. The van der Waals surface area contributed by atoms with Gasteiger partial charge in [-0.05, 0) is 13.3 Å². The van der Waals surface area contributed by atoms with E-state index in [4.69, 9.17) is 11.6 Å². The highest BCUT2D eigenvalue weighted by Gasteiger charge is 2.02. The van der Waals surface area contributed by atoms with Crippen LogP contribution in [0, 0.1) is 6.92 Å². The second-order valence-corrected chi connectivity index (χ2v) is 2.33. The molecule has 0 aliphatic carbocycles. The lowest BCUT2D eigenvalue weighted by Gasteiger charge is -1.88. The van der Waals surface area contributed by atoms with Gasteiger partial charge in [0.25, 0.3) is 0 Å². The normalized spacial score (nSPS) is 10.1. The fourth-order valence-electron chi connectivity index (χ4n) is 0.753. The van der Waals surface area contributed by atoms with Crippen LogP contribution in [0.2, 0.25) is 5.15 Å². The summed E-state index contributed by atoms with van der Waals surface area (Å²) >= 11 is 5.67. The van der Waals surface area contributed by atoms with E-state index in [2.05, 4.69) is 17.1 Å². The van der Waals surface area contributed by atoms with Gasteiger partial charge in [0.2, 0.25) is 0 Å². The Morgan fingerprint density at radius 1 is 1.67 bits per heavy atom. The van der Waals surface area contributed by atoms with Crippen molar-refractivity contribution in [2.45, 2.75) is 20.3 Å². The maximum absolute atomic E-state index is 5.67. The largest absolute Gasteiger partial charge is 0.281 e. The number of aromatic nitrogens is 2. The monoisotopic (exact) mass is 144 g/mol. The second-order valence-electron chi connectivity index (χ2n) is 1.97. The third-order valence-electron chi connectivity index (χ3n) is 1.40. The van der Waals surface area contributed by atoms with Crippen molar-refractivity contribution in [2.24, 2.45) is 0 Å². The van der Waals surface area contributed by atoms with Crippen molar-refractivity contribution in [1.82, 2.24) is 10.2 Å². The van der Waals surface area contributed by atoms with Crippen LogP contribution in [0.5, 0.6) is 0 Å². The molecule has 0 saturated carbocycles. The van der Waals surface area contributed by atoms with Gasteiger partial charge in [0.15, 0.2) is 5.15 Å². The molecule has 0 radical (unpaired) electrons. The standard InChI is InChI=1S/C6H9ClN2/c1-3-5-4(2)6(7)9-8-5/h3H2,1-2H3,(H,8,9). The molecular formula is C6H9ClN2. The van der Waals surface area contributed by atoms with Crippen LogP contribution in [0.25, 0.3) is 0 Å². The smallest absolute Gasteiger partial charge is 0.153 e. The van der Waals surface area contributed by atoms with Crippen molar-refractivity contribution >= 4 is 11.6 Å². The van der Waals surface area contributed by atoms with Crippen LogP contribution < -0.4 is 0 Å². The zero-order valence-electron chi connectivity index (χ0n) is 5.53. The molecule has 0 saturated heterocycles. The van der Waals surface area contributed by atoms with Crippen LogP contribution in [0.15, 0.2) is 0 Å². The zero-order chi connectivity index (χ0) is 6.85. The van der Waals surface area contributed by atoms with Crippen LogP contribution in [0.4, 0.5) is 0 Å². The maximum atomic E-state index is 5.67. The van der Waals surface area contributed by atoms with Crippen molar-refractivity contribution in [2.75, 3.05) is 0 Å². The van der Waals surface area contributed by atoms with Crippen molar-refractivity contribution in [1.29, 1.82) is 0 Å². The third kappa shape index (κ3) is 1.08. The Labute approximate surface area is 59.2 Å². The number of hydrogen-bond acceptors (Lipinski definition) is 1. The molecule has 0 amide bonds. The van der Waals surface area contributed by atoms with Crippen LogP contribution in [-0.2, 0) is 6.42 Å². The first-order valence-corrected chi connectivity index (χ1v) is 3.32. The lowest BCUT2D eigenvalue weighted by atomic mass is 10.2. The minimum Gasteiger partial charge on any atom is -0.281 e. The first kappa shape index (κ1) is 6.62. The molecule has 0 fully saturated rings. The maximum Gasteiger partial charge on any atom is 0.153 e. The Balaban J connectivity index is 3.04. The van der Waals surface area contributed by atoms with Gasteiger partial charge in [0, 0.05) is 11.3 Å². The Bertz CT molecular complexity index is 205.